The van der Waals surface area contributed by atoms with Gasteiger partial charge in [-0.25, -0.2) is 9.59 Å². The minimum Gasteiger partial charge on any atom is -0.477 e. The second kappa shape index (κ2) is 7.91. The molecular formula is C12H10Cl3N3O7S. The van der Waals surface area contributed by atoms with Gasteiger partial charge < -0.3 is 15.2 Å². The fourth-order valence-electron chi connectivity index (χ4n) is 2.24. The van der Waals surface area contributed by atoms with E-state index in [0.717, 1.165) is 4.90 Å². The van der Waals surface area contributed by atoms with Crippen molar-refractivity contribution in [2.24, 2.45) is 0 Å². The Bertz CT molecular complexity index is 709. The Kier molecular flexibility index (Phi) is 6.27. The highest BCUT2D eigenvalue weighted by molar-refractivity contribution is 8.00. The largest absolute Gasteiger partial charge is 0.477 e. The smallest absolute Gasteiger partial charge is 0.414 e. The van der Waals surface area contributed by atoms with Crippen LogP contribution in [0.15, 0.2) is 11.3 Å². The van der Waals surface area contributed by atoms with Crippen LogP contribution >= 0.6 is 46.6 Å². The lowest BCUT2D eigenvalue weighted by Gasteiger charge is -2.48. The molecule has 0 unspecified atom stereocenters. The number of hydrogen-bond acceptors (Lipinski definition) is 7. The van der Waals surface area contributed by atoms with Crippen LogP contribution in [-0.2, 0) is 23.9 Å². The number of nitrogens with one attached hydrogen (secondary N) is 2. The minimum atomic E-state index is -2.37. The van der Waals surface area contributed by atoms with Crippen molar-refractivity contribution in [3.05, 3.63) is 11.3 Å². The van der Waals surface area contributed by atoms with Crippen LogP contribution in [0.1, 0.15) is 0 Å². The van der Waals surface area contributed by atoms with Gasteiger partial charge in [-0.3, -0.25) is 24.6 Å². The number of amides is 4. The number of imide groups is 1. The number of carboxylic acid groups (broad SMARTS) is 1. The van der Waals surface area contributed by atoms with Crippen molar-refractivity contribution in [1.82, 2.24) is 15.5 Å². The molecule has 1 saturated heterocycles. The lowest BCUT2D eigenvalue weighted by molar-refractivity contribution is -0.149. The highest BCUT2D eigenvalue weighted by Crippen LogP contribution is 2.40. The Balaban J connectivity index is 2.07. The molecule has 0 saturated carbocycles. The first-order chi connectivity index (χ1) is 12.1. The summed E-state index contributed by atoms with van der Waals surface area (Å²) in [5.74, 6) is -3.11. The molecular weight excluding hydrogens is 437 g/mol. The van der Waals surface area contributed by atoms with Crippen LogP contribution in [-0.4, -0.2) is 67.9 Å². The van der Waals surface area contributed by atoms with Crippen molar-refractivity contribution < 1.29 is 33.8 Å². The number of halogens is 3. The highest BCUT2D eigenvalue weighted by Gasteiger charge is 2.53. The van der Waals surface area contributed by atoms with Crippen LogP contribution in [0.25, 0.3) is 0 Å². The molecule has 142 valence electrons. The number of β-lactam (4-membered cyclic amide) rings is 1. The lowest BCUT2D eigenvalue weighted by atomic mass is 10.0. The summed E-state index contributed by atoms with van der Waals surface area (Å²) in [5.41, 5.74) is -0.212. The number of carboxylic acids is 1. The molecule has 3 N–H and O–H groups in total. The number of thioether (sulfide) groups is 1. The number of carbonyl (C=O) groups is 5. The van der Waals surface area contributed by atoms with Gasteiger partial charge in [0.2, 0.25) is 6.41 Å². The summed E-state index contributed by atoms with van der Waals surface area (Å²) in [4.78, 5) is 57.9. The molecule has 2 rings (SSSR count). The molecule has 0 aliphatic carbocycles. The van der Waals surface area contributed by atoms with E-state index in [9.17, 15) is 29.1 Å². The van der Waals surface area contributed by atoms with Crippen molar-refractivity contribution in [2.45, 2.75) is 15.2 Å². The fraction of sp³-hybridized carbons (Fsp3) is 0.417. The van der Waals surface area contributed by atoms with E-state index in [-0.39, 0.29) is 17.0 Å². The molecule has 0 aromatic rings. The molecule has 0 aromatic carbocycles. The van der Waals surface area contributed by atoms with Gasteiger partial charge in [-0.15, -0.1) is 11.8 Å². The predicted molar refractivity (Wildman–Crippen MR) is 90.5 cm³/mol. The highest BCUT2D eigenvalue weighted by atomic mass is 35.6. The molecule has 0 bridgehead atoms. The maximum atomic E-state index is 12.0. The number of carbonyl (C=O) groups excluding carboxylic acids is 4. The number of hydrogen-bond donors (Lipinski definition) is 3. The van der Waals surface area contributed by atoms with Gasteiger partial charge in [-0.1, -0.05) is 34.8 Å². The van der Waals surface area contributed by atoms with Crippen molar-refractivity contribution >= 4 is 76.9 Å². The minimum absolute atomic E-state index is 0.124. The molecule has 0 spiro atoms. The van der Waals surface area contributed by atoms with E-state index in [1.54, 1.807) is 5.32 Å². The lowest BCUT2D eigenvalue weighted by Crippen LogP contribution is -2.69. The summed E-state index contributed by atoms with van der Waals surface area (Å²) < 4.78 is 2.38. The maximum absolute atomic E-state index is 12.0. The zero-order valence-corrected chi connectivity index (χ0v) is 15.6. The third-order valence-corrected chi connectivity index (χ3v) is 5.20. The van der Waals surface area contributed by atoms with Gasteiger partial charge in [-0.05, 0) is 0 Å². The number of nitrogens with zero attached hydrogens (tertiary/aromatic N) is 1. The normalized spacial score (nSPS) is 22.1. The summed E-state index contributed by atoms with van der Waals surface area (Å²) in [5, 5.41) is 12.8. The van der Waals surface area contributed by atoms with Crippen LogP contribution in [0.4, 0.5) is 4.79 Å². The molecule has 2 aliphatic rings. The zero-order valence-electron chi connectivity index (χ0n) is 12.5. The first kappa shape index (κ1) is 20.6. The molecule has 10 nitrogen and oxygen atoms in total. The van der Waals surface area contributed by atoms with Crippen molar-refractivity contribution in [3.63, 3.8) is 0 Å². The Morgan fingerprint density at radius 1 is 1.38 bits per heavy atom. The zero-order chi connectivity index (χ0) is 19.6. The van der Waals surface area contributed by atoms with Crippen LogP contribution in [0.3, 0.4) is 0 Å². The molecule has 2 heterocycles. The summed E-state index contributed by atoms with van der Waals surface area (Å²) in [6, 6.07) is -0.820. The Morgan fingerprint density at radius 3 is 2.58 bits per heavy atom. The first-order valence-corrected chi connectivity index (χ1v) is 8.90. The summed E-state index contributed by atoms with van der Waals surface area (Å²) in [6.45, 7) is -0.504. The number of alkyl halides is 3. The van der Waals surface area contributed by atoms with Crippen molar-refractivity contribution in [2.75, 3.05) is 12.4 Å². The number of aliphatic carboxylic acids is 1. The SMILES string of the molecule is O=CN[C@@H]1C(=O)N2C(C(=O)O)=C(COC(=O)NC(=O)C(Cl)(Cl)Cl)CS[C@H]12. The number of rotatable bonds is 5. The standard InChI is InChI=1S/C12H10Cl3N3O7S/c13-12(14,15)10(23)17-11(24)25-1-4-2-26-8-5(16-3-19)7(20)18(8)6(4)9(21)22/h3,5,8H,1-2H2,(H,16,19)(H,21,22)(H,17,23,24)/t5-,8-/m1/s1. The van der Waals surface area contributed by atoms with Gasteiger partial charge in [0.1, 0.15) is 23.7 Å². The molecule has 1 fully saturated rings. The van der Waals surface area contributed by atoms with E-state index in [4.69, 9.17) is 39.5 Å². The Labute approximate surface area is 165 Å². The summed E-state index contributed by atoms with van der Waals surface area (Å²) in [7, 11) is 0. The maximum Gasteiger partial charge on any atom is 0.414 e. The molecule has 0 aromatic heterocycles. The molecule has 2 aliphatic heterocycles. The molecule has 26 heavy (non-hydrogen) atoms. The van der Waals surface area contributed by atoms with E-state index in [2.05, 4.69) is 5.32 Å². The second-order valence-corrected chi connectivity index (χ2v) is 8.34. The van der Waals surface area contributed by atoms with E-state index in [1.165, 1.54) is 11.8 Å². The number of ether oxygens (including phenoxy) is 1. The predicted octanol–water partition coefficient (Wildman–Crippen LogP) is -0.0222. The van der Waals surface area contributed by atoms with E-state index < -0.39 is 45.7 Å². The van der Waals surface area contributed by atoms with E-state index in [0.29, 0.717) is 6.41 Å². The molecule has 4 amide bonds. The quantitative estimate of drug-likeness (QED) is 0.304. The Morgan fingerprint density at radius 2 is 2.04 bits per heavy atom. The van der Waals surface area contributed by atoms with Crippen LogP contribution < -0.4 is 10.6 Å². The number of fused-ring (bicyclic) bond motifs is 1. The molecule has 0 radical (unpaired) electrons. The van der Waals surface area contributed by atoms with Gasteiger partial charge >= 0.3 is 12.1 Å². The summed E-state index contributed by atoms with van der Waals surface area (Å²) >= 11 is 17.0. The second-order valence-electron chi connectivity index (χ2n) is 4.96. The first-order valence-electron chi connectivity index (χ1n) is 6.72. The van der Waals surface area contributed by atoms with Gasteiger partial charge in [0.15, 0.2) is 0 Å². The van der Waals surface area contributed by atoms with Crippen molar-refractivity contribution in [1.29, 1.82) is 0 Å². The third kappa shape index (κ3) is 4.17. The van der Waals surface area contributed by atoms with E-state index in [1.807, 2.05) is 0 Å². The van der Waals surface area contributed by atoms with Gasteiger partial charge in [0, 0.05) is 11.3 Å². The average Bonchev–Trinajstić information content (AvgIpc) is 2.55. The molecule has 2 atom stereocenters. The monoisotopic (exact) mass is 445 g/mol. The van der Waals surface area contributed by atoms with Crippen molar-refractivity contribution in [3.8, 4) is 0 Å². The topological polar surface area (TPSA) is 142 Å². The van der Waals surface area contributed by atoms with Crippen LogP contribution in [0, 0.1) is 0 Å². The third-order valence-electron chi connectivity index (χ3n) is 3.35. The van der Waals surface area contributed by atoms with Gasteiger partial charge in [0.05, 0.1) is 0 Å². The average molecular weight is 447 g/mol. The van der Waals surface area contributed by atoms with Crippen LogP contribution in [0.2, 0.25) is 0 Å². The van der Waals surface area contributed by atoms with Crippen LogP contribution in [0.5, 0.6) is 0 Å². The number of alkyl carbamates (subject to hydrolysis) is 1. The fourth-order valence-corrected chi connectivity index (χ4v) is 3.72. The van der Waals surface area contributed by atoms with E-state index >= 15 is 0 Å². The molecule has 14 heteroatoms. The Hall–Kier alpha value is -1.69. The van der Waals surface area contributed by atoms with Gasteiger partial charge in [0.25, 0.3) is 15.6 Å². The van der Waals surface area contributed by atoms with Gasteiger partial charge in [-0.2, -0.15) is 0 Å². The summed E-state index contributed by atoms with van der Waals surface area (Å²) in [6.07, 6.45) is -0.893.